The van der Waals surface area contributed by atoms with E-state index in [2.05, 4.69) is 226 Å². The van der Waals surface area contributed by atoms with Crippen molar-refractivity contribution in [3.63, 3.8) is 0 Å². The lowest BCUT2D eigenvalue weighted by atomic mass is 9.75. The van der Waals surface area contributed by atoms with Crippen LogP contribution in [0.25, 0.3) is 0 Å². The van der Waals surface area contributed by atoms with Crippen LogP contribution >= 0.6 is 11.6 Å². The normalized spacial score (nSPS) is 14.2. The summed E-state index contributed by atoms with van der Waals surface area (Å²) in [6.07, 6.45) is 6.19. The van der Waals surface area contributed by atoms with Crippen LogP contribution in [0.1, 0.15) is 153 Å². The van der Waals surface area contributed by atoms with Gasteiger partial charge in [-0.05, 0) is 135 Å². The van der Waals surface area contributed by atoms with Gasteiger partial charge in [0.05, 0.1) is 16.4 Å². The second kappa shape index (κ2) is 17.2. The van der Waals surface area contributed by atoms with Gasteiger partial charge in [0.1, 0.15) is 0 Å². The summed E-state index contributed by atoms with van der Waals surface area (Å²) in [6, 6.07) is 50.2. The number of nitrogens with zero attached hydrogens (tertiary/aromatic N) is 2. The molecule has 6 aromatic rings. The molecular weight excluding hydrogens is 760 g/mol. The minimum Gasteiger partial charge on any atom is -0.309 e. The molecule has 1 fully saturated rings. The van der Waals surface area contributed by atoms with Gasteiger partial charge in [-0.1, -0.05) is 186 Å². The van der Waals surface area contributed by atoms with Crippen LogP contribution in [-0.2, 0) is 21.7 Å². The van der Waals surface area contributed by atoms with Crippen molar-refractivity contribution in [1.29, 1.82) is 0 Å². The third kappa shape index (κ3) is 9.51. The van der Waals surface area contributed by atoms with Crippen molar-refractivity contribution in [2.45, 2.75) is 143 Å². The standard InChI is InChI=1S/C58H69ClN2/c1-40-37-52(60(47-30-23-42(24-31-47)55(2,3)4)48-32-25-43(26-33-48)56(5,6)7)54(59)53(38-40)61(49-34-27-44(28-35-49)57(8,9)10)51-36-29-46(39-50(51)41-19-15-13-16-20-41)58(11,12)45-21-17-14-18-22-45/h14,17-18,21-39,41H,13,15-16,19-20H2,1-12H3. The highest BCUT2D eigenvalue weighted by molar-refractivity contribution is 6.36. The van der Waals surface area contributed by atoms with E-state index in [9.17, 15) is 0 Å². The molecule has 0 bridgehead atoms. The number of anilines is 6. The van der Waals surface area contributed by atoms with Crippen molar-refractivity contribution in [1.82, 2.24) is 0 Å². The quantitative estimate of drug-likeness (QED) is 0.143. The highest BCUT2D eigenvalue weighted by atomic mass is 35.5. The van der Waals surface area contributed by atoms with Gasteiger partial charge in [-0.3, -0.25) is 0 Å². The Balaban J connectivity index is 1.48. The number of rotatable bonds is 9. The third-order valence-electron chi connectivity index (χ3n) is 13.2. The number of benzene rings is 6. The fourth-order valence-electron chi connectivity index (χ4n) is 9.13. The van der Waals surface area contributed by atoms with Gasteiger partial charge >= 0.3 is 0 Å². The van der Waals surface area contributed by atoms with E-state index in [1.165, 1.54) is 71.2 Å². The maximum atomic E-state index is 8.02. The lowest BCUT2D eigenvalue weighted by Crippen LogP contribution is -2.22. The molecule has 0 atom stereocenters. The Morgan fingerprint density at radius 1 is 0.426 bits per heavy atom. The molecule has 0 radical (unpaired) electrons. The van der Waals surface area contributed by atoms with E-state index >= 15 is 0 Å². The van der Waals surface area contributed by atoms with Crippen LogP contribution in [-0.4, -0.2) is 0 Å². The summed E-state index contributed by atoms with van der Waals surface area (Å²) < 4.78 is 0. The summed E-state index contributed by atoms with van der Waals surface area (Å²) in [5, 5.41) is 0.716. The minimum atomic E-state index is -0.165. The first-order valence-electron chi connectivity index (χ1n) is 22.7. The molecular formula is C58H69ClN2. The van der Waals surface area contributed by atoms with Crippen LogP contribution in [0.15, 0.2) is 133 Å². The minimum absolute atomic E-state index is 0.0288. The second-order valence-electron chi connectivity index (χ2n) is 21.3. The van der Waals surface area contributed by atoms with Gasteiger partial charge in [-0.15, -0.1) is 0 Å². The molecule has 1 aliphatic carbocycles. The van der Waals surface area contributed by atoms with Crippen LogP contribution in [0, 0.1) is 6.92 Å². The van der Waals surface area contributed by atoms with Gasteiger partial charge in [0.15, 0.2) is 0 Å². The smallest absolute Gasteiger partial charge is 0.0887 e. The SMILES string of the molecule is Cc1cc(N(c2ccc(C(C)(C)C)cc2)c2ccc(C(C)(C)C)cc2)c(Cl)c(N(c2ccc(C(C)(C)C)cc2)c2ccc(C(C)(C)c3ccccc3)cc2C2CCCCC2)c1. The zero-order valence-corrected chi connectivity index (χ0v) is 39.8. The van der Waals surface area contributed by atoms with E-state index < -0.39 is 0 Å². The average molecular weight is 830 g/mol. The fourth-order valence-corrected chi connectivity index (χ4v) is 9.41. The molecule has 0 unspecified atom stereocenters. The average Bonchev–Trinajstić information content (AvgIpc) is 3.23. The summed E-state index contributed by atoms with van der Waals surface area (Å²) >= 11 is 8.02. The van der Waals surface area contributed by atoms with Crippen molar-refractivity contribution in [3.8, 4) is 0 Å². The summed E-state index contributed by atoms with van der Waals surface area (Å²) in [5.41, 5.74) is 15.5. The van der Waals surface area contributed by atoms with Crippen molar-refractivity contribution < 1.29 is 0 Å². The van der Waals surface area contributed by atoms with Crippen LogP contribution in [0.3, 0.4) is 0 Å². The lowest BCUT2D eigenvalue weighted by molar-refractivity contribution is 0.443. The predicted molar refractivity (Wildman–Crippen MR) is 266 cm³/mol. The van der Waals surface area contributed by atoms with E-state index in [0.717, 1.165) is 34.0 Å². The van der Waals surface area contributed by atoms with Gasteiger partial charge in [0.2, 0.25) is 0 Å². The molecule has 0 N–H and O–H groups in total. The highest BCUT2D eigenvalue weighted by Crippen LogP contribution is 2.51. The van der Waals surface area contributed by atoms with Gasteiger partial charge in [0, 0.05) is 28.2 Å². The number of hydrogen-bond acceptors (Lipinski definition) is 2. The maximum Gasteiger partial charge on any atom is 0.0887 e. The first kappa shape index (κ1) is 44.3. The molecule has 0 aliphatic heterocycles. The Morgan fingerprint density at radius 2 is 0.836 bits per heavy atom. The largest absolute Gasteiger partial charge is 0.309 e. The van der Waals surface area contributed by atoms with Crippen molar-refractivity contribution in [3.05, 3.63) is 177 Å². The molecule has 0 spiro atoms. The summed E-state index contributed by atoms with van der Waals surface area (Å²) in [7, 11) is 0. The first-order valence-corrected chi connectivity index (χ1v) is 23.0. The van der Waals surface area contributed by atoms with Gasteiger partial charge in [-0.2, -0.15) is 0 Å². The Bertz CT molecular complexity index is 2360. The molecule has 2 nitrogen and oxygen atoms in total. The molecule has 0 aromatic heterocycles. The topological polar surface area (TPSA) is 6.48 Å². The van der Waals surface area contributed by atoms with Crippen LogP contribution in [0.5, 0.6) is 0 Å². The number of halogens is 1. The highest BCUT2D eigenvalue weighted by Gasteiger charge is 2.31. The zero-order chi connectivity index (χ0) is 43.9. The maximum absolute atomic E-state index is 8.02. The van der Waals surface area contributed by atoms with Gasteiger partial charge in [0.25, 0.3) is 0 Å². The predicted octanol–water partition coefficient (Wildman–Crippen LogP) is 17.9. The molecule has 7 rings (SSSR count). The molecule has 6 aromatic carbocycles. The van der Waals surface area contributed by atoms with Crippen LogP contribution < -0.4 is 9.80 Å². The molecule has 3 heteroatoms. The molecule has 1 aliphatic rings. The summed E-state index contributed by atoms with van der Waals surface area (Å²) in [4.78, 5) is 4.82. The molecule has 318 valence electrons. The van der Waals surface area contributed by atoms with Crippen molar-refractivity contribution >= 4 is 45.7 Å². The molecule has 1 saturated carbocycles. The monoisotopic (exact) mass is 829 g/mol. The van der Waals surface area contributed by atoms with Crippen molar-refractivity contribution in [2.24, 2.45) is 0 Å². The van der Waals surface area contributed by atoms with E-state index in [0.29, 0.717) is 10.9 Å². The Morgan fingerprint density at radius 3 is 1.28 bits per heavy atom. The Labute approximate surface area is 374 Å². The van der Waals surface area contributed by atoms with E-state index in [1.54, 1.807) is 0 Å². The number of aryl methyl sites for hydroxylation is 1. The van der Waals surface area contributed by atoms with Gasteiger partial charge < -0.3 is 9.80 Å². The first-order chi connectivity index (χ1) is 28.7. The summed E-state index contributed by atoms with van der Waals surface area (Å²) in [6.45, 7) is 27.4. The van der Waals surface area contributed by atoms with Crippen molar-refractivity contribution in [2.75, 3.05) is 9.80 Å². The summed E-state index contributed by atoms with van der Waals surface area (Å²) in [5.74, 6) is 0.453. The zero-order valence-electron chi connectivity index (χ0n) is 39.1. The van der Waals surface area contributed by atoms with Crippen LogP contribution in [0.4, 0.5) is 34.1 Å². The fraction of sp³-hybridized carbons (Fsp3) is 0.379. The Hall–Kier alpha value is -4.79. The van der Waals surface area contributed by atoms with Crippen LogP contribution in [0.2, 0.25) is 5.02 Å². The van der Waals surface area contributed by atoms with Gasteiger partial charge in [-0.25, -0.2) is 0 Å². The molecule has 0 saturated heterocycles. The second-order valence-corrected chi connectivity index (χ2v) is 21.7. The van der Waals surface area contributed by atoms with E-state index in [1.807, 2.05) is 0 Å². The van der Waals surface area contributed by atoms with E-state index in [4.69, 9.17) is 11.6 Å². The van der Waals surface area contributed by atoms with E-state index in [-0.39, 0.29) is 21.7 Å². The third-order valence-corrected chi connectivity index (χ3v) is 13.6. The Kier molecular flexibility index (Phi) is 12.5. The molecule has 0 amide bonds. The lowest BCUT2D eigenvalue weighted by Gasteiger charge is -2.36. The molecule has 0 heterocycles. The number of hydrogen-bond donors (Lipinski definition) is 0. The molecule has 61 heavy (non-hydrogen) atoms.